The lowest BCUT2D eigenvalue weighted by atomic mass is 9.91. The van der Waals surface area contributed by atoms with Gasteiger partial charge < -0.3 is 19.4 Å². The molecule has 2 fully saturated rings. The van der Waals surface area contributed by atoms with E-state index in [0.29, 0.717) is 37.0 Å². The number of fused-ring (bicyclic) bond motifs is 1. The maximum Gasteiger partial charge on any atom is 0.287 e. The molecule has 0 unspecified atom stereocenters. The van der Waals surface area contributed by atoms with Crippen LogP contribution in [0.15, 0.2) is 34.7 Å². The molecule has 6 nitrogen and oxygen atoms in total. The predicted octanol–water partition coefficient (Wildman–Crippen LogP) is 2.44. The van der Waals surface area contributed by atoms with Crippen LogP contribution in [0.4, 0.5) is 0 Å². The summed E-state index contributed by atoms with van der Waals surface area (Å²) in [6.45, 7) is 3.77. The third kappa shape index (κ3) is 3.21. The summed E-state index contributed by atoms with van der Waals surface area (Å²) in [6.07, 6.45) is 1.90. The summed E-state index contributed by atoms with van der Waals surface area (Å²) in [6, 6.07) is 9.29. The van der Waals surface area contributed by atoms with E-state index in [1.54, 1.807) is 13.2 Å². The van der Waals surface area contributed by atoms with Crippen molar-refractivity contribution in [2.75, 3.05) is 26.8 Å². The van der Waals surface area contributed by atoms with E-state index in [9.17, 15) is 9.59 Å². The molecule has 2 atom stereocenters. The molecule has 1 saturated heterocycles. The van der Waals surface area contributed by atoms with Crippen LogP contribution < -0.4 is 5.32 Å². The van der Waals surface area contributed by atoms with Crippen molar-refractivity contribution >= 4 is 22.8 Å². The Morgan fingerprint density at radius 1 is 1.35 bits per heavy atom. The minimum absolute atomic E-state index is 0.140. The number of nitrogens with zero attached hydrogens (tertiary/aromatic N) is 1. The summed E-state index contributed by atoms with van der Waals surface area (Å²) in [5.41, 5.74) is 0.298. The fraction of sp³-hybridized carbons (Fsp3) is 0.500. The zero-order chi connectivity index (χ0) is 18.3. The van der Waals surface area contributed by atoms with Gasteiger partial charge in [-0.2, -0.15) is 0 Å². The molecule has 2 aliphatic rings. The van der Waals surface area contributed by atoms with Gasteiger partial charge in [0.1, 0.15) is 5.58 Å². The molecule has 4 rings (SSSR count). The second-order valence-electron chi connectivity index (χ2n) is 7.74. The van der Waals surface area contributed by atoms with Crippen LogP contribution in [0.25, 0.3) is 11.0 Å². The zero-order valence-corrected chi connectivity index (χ0v) is 15.2. The topological polar surface area (TPSA) is 71.8 Å². The van der Waals surface area contributed by atoms with Crippen molar-refractivity contribution < 1.29 is 18.7 Å². The third-order valence-corrected chi connectivity index (χ3v) is 5.39. The standard InChI is InChI=1S/C20H24N2O4/c1-20(11-22(12-20)19(24)15-9-13(15)7-8-25-2)21-18(23)17-10-14-5-3-4-6-16(14)26-17/h3-6,10,13,15H,7-9,11-12H2,1-2H3,(H,21,23)/t13-,15-/m1/s1. The van der Waals surface area contributed by atoms with Crippen LogP contribution in [-0.4, -0.2) is 49.1 Å². The van der Waals surface area contributed by atoms with E-state index in [0.717, 1.165) is 18.2 Å². The molecular formula is C20H24N2O4. The highest BCUT2D eigenvalue weighted by molar-refractivity contribution is 5.96. The number of carbonyl (C=O) groups excluding carboxylic acids is 2. The van der Waals surface area contributed by atoms with Gasteiger partial charge in [-0.05, 0) is 37.8 Å². The number of rotatable bonds is 6. The highest BCUT2D eigenvalue weighted by Crippen LogP contribution is 2.43. The van der Waals surface area contributed by atoms with Crippen LogP contribution in [-0.2, 0) is 9.53 Å². The van der Waals surface area contributed by atoms with Gasteiger partial charge in [0, 0.05) is 38.1 Å². The van der Waals surface area contributed by atoms with Crippen molar-refractivity contribution in [3.05, 3.63) is 36.1 Å². The summed E-state index contributed by atoms with van der Waals surface area (Å²) in [5.74, 6) is 0.876. The Morgan fingerprint density at radius 2 is 2.12 bits per heavy atom. The van der Waals surface area contributed by atoms with Crippen LogP contribution in [0.3, 0.4) is 0 Å². The first kappa shape index (κ1) is 17.1. The Morgan fingerprint density at radius 3 is 2.85 bits per heavy atom. The highest BCUT2D eigenvalue weighted by Gasteiger charge is 2.50. The number of likely N-dealkylation sites (tertiary alicyclic amines) is 1. The summed E-state index contributed by atoms with van der Waals surface area (Å²) in [5, 5.41) is 3.92. The first-order valence-corrected chi connectivity index (χ1v) is 9.08. The summed E-state index contributed by atoms with van der Waals surface area (Å²) < 4.78 is 10.7. The van der Waals surface area contributed by atoms with Crippen molar-refractivity contribution in [1.29, 1.82) is 0 Å². The molecule has 2 aromatic rings. The average molecular weight is 356 g/mol. The van der Waals surface area contributed by atoms with Gasteiger partial charge in [-0.15, -0.1) is 0 Å². The first-order valence-electron chi connectivity index (χ1n) is 9.08. The third-order valence-electron chi connectivity index (χ3n) is 5.39. The Bertz CT molecular complexity index is 804. The Hall–Kier alpha value is -2.34. The Labute approximate surface area is 152 Å². The van der Waals surface area contributed by atoms with Gasteiger partial charge >= 0.3 is 0 Å². The number of ether oxygens (including phenoxy) is 1. The molecule has 6 heteroatoms. The SMILES string of the molecule is COCC[C@@H]1C[C@H]1C(=O)N1CC(C)(NC(=O)c2cc3ccccc3o2)C1. The molecule has 1 N–H and O–H groups in total. The van der Waals surface area contributed by atoms with E-state index < -0.39 is 5.54 Å². The number of carbonyl (C=O) groups is 2. The van der Waals surface area contributed by atoms with E-state index in [1.165, 1.54) is 0 Å². The van der Waals surface area contributed by atoms with Crippen LogP contribution in [0.5, 0.6) is 0 Å². The number of nitrogens with one attached hydrogen (secondary N) is 1. The second kappa shape index (κ2) is 6.43. The van der Waals surface area contributed by atoms with Crippen LogP contribution in [0, 0.1) is 11.8 Å². The minimum Gasteiger partial charge on any atom is -0.451 e. The quantitative estimate of drug-likeness (QED) is 0.863. The van der Waals surface area contributed by atoms with E-state index in [1.807, 2.05) is 36.1 Å². The molecule has 1 aromatic carbocycles. The van der Waals surface area contributed by atoms with E-state index >= 15 is 0 Å². The molecule has 2 amide bonds. The maximum atomic E-state index is 12.5. The Kier molecular flexibility index (Phi) is 4.23. The maximum absolute atomic E-state index is 12.5. The summed E-state index contributed by atoms with van der Waals surface area (Å²) in [7, 11) is 1.69. The molecule has 1 aromatic heterocycles. The largest absolute Gasteiger partial charge is 0.451 e. The highest BCUT2D eigenvalue weighted by atomic mass is 16.5. The van der Waals surface area contributed by atoms with E-state index in [-0.39, 0.29) is 17.7 Å². The van der Waals surface area contributed by atoms with Gasteiger partial charge in [0.15, 0.2) is 5.76 Å². The van der Waals surface area contributed by atoms with Gasteiger partial charge in [0.25, 0.3) is 5.91 Å². The predicted molar refractivity (Wildman–Crippen MR) is 96.8 cm³/mol. The molecular weight excluding hydrogens is 332 g/mol. The van der Waals surface area contributed by atoms with Gasteiger partial charge in [-0.1, -0.05) is 18.2 Å². The Balaban J connectivity index is 1.31. The number of methoxy groups -OCH3 is 1. The smallest absolute Gasteiger partial charge is 0.287 e. The summed E-state index contributed by atoms with van der Waals surface area (Å²) >= 11 is 0. The number of para-hydroxylation sites is 1. The van der Waals surface area contributed by atoms with Gasteiger partial charge in [0.05, 0.1) is 5.54 Å². The molecule has 138 valence electrons. The lowest BCUT2D eigenvalue weighted by Crippen LogP contribution is -2.70. The number of hydrogen-bond acceptors (Lipinski definition) is 4. The first-order chi connectivity index (χ1) is 12.5. The molecule has 2 heterocycles. The van der Waals surface area contributed by atoms with Crippen LogP contribution in [0.1, 0.15) is 30.3 Å². The van der Waals surface area contributed by atoms with Crippen molar-refractivity contribution in [3.63, 3.8) is 0 Å². The lowest BCUT2D eigenvalue weighted by Gasteiger charge is -2.48. The fourth-order valence-corrected chi connectivity index (χ4v) is 3.83. The lowest BCUT2D eigenvalue weighted by molar-refractivity contribution is -0.140. The summed E-state index contributed by atoms with van der Waals surface area (Å²) in [4.78, 5) is 26.8. The van der Waals surface area contributed by atoms with Crippen molar-refractivity contribution in [2.24, 2.45) is 11.8 Å². The number of furan rings is 1. The van der Waals surface area contributed by atoms with Gasteiger partial charge in [0.2, 0.25) is 5.91 Å². The fourth-order valence-electron chi connectivity index (χ4n) is 3.83. The van der Waals surface area contributed by atoms with Crippen molar-refractivity contribution in [2.45, 2.75) is 25.3 Å². The monoisotopic (exact) mass is 356 g/mol. The molecule has 0 bridgehead atoms. The second-order valence-corrected chi connectivity index (χ2v) is 7.74. The van der Waals surface area contributed by atoms with E-state index in [4.69, 9.17) is 9.15 Å². The molecule has 1 aliphatic carbocycles. The molecule has 0 spiro atoms. The molecule has 0 radical (unpaired) electrons. The number of hydrogen-bond donors (Lipinski definition) is 1. The van der Waals surface area contributed by atoms with Crippen LogP contribution >= 0.6 is 0 Å². The molecule has 26 heavy (non-hydrogen) atoms. The number of amides is 2. The molecule has 1 aliphatic heterocycles. The normalized spacial score (nSPS) is 23.5. The average Bonchev–Trinajstić information content (AvgIpc) is 3.24. The van der Waals surface area contributed by atoms with E-state index in [2.05, 4.69) is 5.32 Å². The minimum atomic E-state index is -0.400. The van der Waals surface area contributed by atoms with Crippen LogP contribution in [0.2, 0.25) is 0 Å². The number of benzene rings is 1. The van der Waals surface area contributed by atoms with Crippen molar-refractivity contribution in [3.8, 4) is 0 Å². The van der Waals surface area contributed by atoms with Gasteiger partial charge in [-0.3, -0.25) is 9.59 Å². The zero-order valence-electron chi connectivity index (χ0n) is 15.2. The van der Waals surface area contributed by atoms with Crippen molar-refractivity contribution in [1.82, 2.24) is 10.2 Å². The van der Waals surface area contributed by atoms with Gasteiger partial charge in [-0.25, -0.2) is 0 Å². The molecule has 1 saturated carbocycles.